The lowest BCUT2D eigenvalue weighted by Crippen LogP contribution is -2.13. The van der Waals surface area contributed by atoms with E-state index in [4.69, 9.17) is 0 Å². The largest absolute Gasteiger partial charge is 0.326 e. The Morgan fingerprint density at radius 3 is 2.43 bits per heavy atom. The van der Waals surface area contributed by atoms with E-state index in [1.54, 1.807) is 30.6 Å². The maximum Gasteiger partial charge on any atom is 0.257 e. The van der Waals surface area contributed by atoms with E-state index >= 15 is 0 Å². The molecular weight excluding hydrogens is 459 g/mol. The fourth-order valence-electron chi connectivity index (χ4n) is 3.92. The van der Waals surface area contributed by atoms with Crippen molar-refractivity contribution in [2.75, 3.05) is 5.32 Å². The smallest absolute Gasteiger partial charge is 0.257 e. The molecule has 4 heterocycles. The van der Waals surface area contributed by atoms with Crippen LogP contribution in [0.3, 0.4) is 0 Å². The zero-order valence-corrected chi connectivity index (χ0v) is 18.0. The lowest BCUT2D eigenvalue weighted by molar-refractivity contribution is 0.102. The molecule has 11 heteroatoms. The minimum absolute atomic E-state index is 0.159. The normalized spacial score (nSPS) is 13.3. The minimum Gasteiger partial charge on any atom is -0.326 e. The van der Waals surface area contributed by atoms with E-state index in [9.17, 15) is 18.0 Å². The molecule has 35 heavy (non-hydrogen) atoms. The Labute approximate surface area is 196 Å². The van der Waals surface area contributed by atoms with Crippen molar-refractivity contribution in [2.45, 2.75) is 18.9 Å². The Morgan fingerprint density at radius 2 is 1.71 bits per heavy atom. The first kappa shape index (κ1) is 21.0. The highest BCUT2D eigenvalue weighted by atomic mass is 19.1. The molecule has 0 saturated heterocycles. The van der Waals surface area contributed by atoms with Gasteiger partial charge in [0.15, 0.2) is 11.5 Å². The lowest BCUT2D eigenvalue weighted by atomic mass is 10.1. The molecule has 0 spiro atoms. The molecular formula is C24H16F3N7O. The van der Waals surface area contributed by atoms with Crippen LogP contribution in [0.4, 0.5) is 19.0 Å². The highest BCUT2D eigenvalue weighted by Gasteiger charge is 2.29. The molecule has 174 valence electrons. The third-order valence-corrected chi connectivity index (χ3v) is 5.68. The van der Waals surface area contributed by atoms with E-state index in [-0.39, 0.29) is 17.2 Å². The predicted molar refractivity (Wildman–Crippen MR) is 120 cm³/mol. The summed E-state index contributed by atoms with van der Waals surface area (Å²) in [5.74, 6) is -3.10. The third-order valence-electron chi connectivity index (χ3n) is 5.68. The molecule has 5 aromatic rings. The van der Waals surface area contributed by atoms with Crippen LogP contribution in [-0.4, -0.2) is 35.0 Å². The number of amides is 1. The van der Waals surface area contributed by atoms with E-state index in [1.807, 2.05) is 0 Å². The summed E-state index contributed by atoms with van der Waals surface area (Å²) in [7, 11) is 0. The van der Waals surface area contributed by atoms with Crippen molar-refractivity contribution in [2.24, 2.45) is 0 Å². The number of fused-ring (bicyclic) bond motifs is 1. The van der Waals surface area contributed by atoms with E-state index in [1.165, 1.54) is 22.8 Å². The predicted octanol–water partition coefficient (Wildman–Crippen LogP) is 4.66. The van der Waals surface area contributed by atoms with Crippen molar-refractivity contribution in [1.29, 1.82) is 0 Å². The van der Waals surface area contributed by atoms with Crippen molar-refractivity contribution >= 4 is 17.4 Å². The number of imidazole rings is 2. The number of pyridine rings is 1. The van der Waals surface area contributed by atoms with Crippen LogP contribution in [0.1, 0.15) is 29.2 Å². The van der Waals surface area contributed by atoms with Gasteiger partial charge in [0.05, 0.1) is 23.9 Å². The summed E-state index contributed by atoms with van der Waals surface area (Å²) in [5, 5.41) is 7.17. The van der Waals surface area contributed by atoms with E-state index < -0.39 is 17.8 Å². The summed E-state index contributed by atoms with van der Waals surface area (Å²) in [6.45, 7) is 0. The average Bonchev–Trinajstić information content (AvgIpc) is 3.45. The summed E-state index contributed by atoms with van der Waals surface area (Å²) in [5.41, 5.74) is 3.09. The molecule has 1 aliphatic carbocycles. The van der Waals surface area contributed by atoms with Gasteiger partial charge in [0, 0.05) is 29.3 Å². The fourth-order valence-corrected chi connectivity index (χ4v) is 3.92. The summed E-state index contributed by atoms with van der Waals surface area (Å²) < 4.78 is 43.7. The van der Waals surface area contributed by atoms with Crippen molar-refractivity contribution in [3.05, 3.63) is 84.3 Å². The van der Waals surface area contributed by atoms with Crippen LogP contribution >= 0.6 is 0 Å². The van der Waals surface area contributed by atoms with Crippen LogP contribution in [0.5, 0.6) is 0 Å². The molecule has 0 radical (unpaired) electrons. The quantitative estimate of drug-likeness (QED) is 0.374. The van der Waals surface area contributed by atoms with Gasteiger partial charge in [-0.05, 0) is 49.2 Å². The molecule has 1 aromatic carbocycles. The van der Waals surface area contributed by atoms with Crippen LogP contribution < -0.4 is 5.32 Å². The molecule has 1 fully saturated rings. The Morgan fingerprint density at radius 1 is 0.971 bits per heavy atom. The highest BCUT2D eigenvalue weighted by molar-refractivity contribution is 6.03. The van der Waals surface area contributed by atoms with Crippen LogP contribution in [0.25, 0.3) is 28.3 Å². The second-order valence-electron chi connectivity index (χ2n) is 8.19. The summed E-state index contributed by atoms with van der Waals surface area (Å²) in [6.07, 6.45) is 5.34. The first-order valence-corrected chi connectivity index (χ1v) is 10.8. The van der Waals surface area contributed by atoms with Gasteiger partial charge in [-0.25, -0.2) is 18.9 Å². The summed E-state index contributed by atoms with van der Waals surface area (Å²) in [6, 6.07) is 11.6. The van der Waals surface area contributed by atoms with Gasteiger partial charge in [0.25, 0.3) is 5.91 Å². The Bertz CT molecular complexity index is 1570. The van der Waals surface area contributed by atoms with Gasteiger partial charge in [-0.1, -0.05) is 0 Å². The van der Waals surface area contributed by atoms with Gasteiger partial charge in [-0.3, -0.25) is 4.79 Å². The van der Waals surface area contributed by atoms with Crippen molar-refractivity contribution in [3.8, 4) is 22.6 Å². The van der Waals surface area contributed by atoms with Crippen molar-refractivity contribution < 1.29 is 18.0 Å². The molecule has 0 atom stereocenters. The number of hydrogen-bond acceptors (Lipinski definition) is 5. The van der Waals surface area contributed by atoms with Gasteiger partial charge in [0.1, 0.15) is 11.5 Å². The Balaban J connectivity index is 1.36. The molecule has 8 nitrogen and oxygen atoms in total. The maximum atomic E-state index is 13.5. The maximum absolute atomic E-state index is 13.5. The van der Waals surface area contributed by atoms with E-state index in [2.05, 4.69) is 29.9 Å². The van der Waals surface area contributed by atoms with E-state index in [0.29, 0.717) is 23.1 Å². The number of nitrogens with one attached hydrogen (secondary N) is 1. The number of aromatic nitrogens is 6. The molecule has 0 unspecified atom stereocenters. The summed E-state index contributed by atoms with van der Waals surface area (Å²) in [4.78, 5) is 24.3. The monoisotopic (exact) mass is 475 g/mol. The average molecular weight is 475 g/mol. The number of anilines is 1. The molecule has 1 N–H and O–H groups in total. The van der Waals surface area contributed by atoms with Crippen molar-refractivity contribution in [1.82, 2.24) is 29.1 Å². The van der Waals surface area contributed by atoms with Crippen LogP contribution in [-0.2, 0) is 0 Å². The molecule has 0 bridgehead atoms. The third kappa shape index (κ3) is 4.01. The number of carbonyl (C=O) groups excluding carboxylic acids is 1. The van der Waals surface area contributed by atoms with Gasteiger partial charge < -0.3 is 9.88 Å². The standard InChI is InChI=1S/C24H16F3N7O/c25-15-3-1-13(2-4-15)22-23(33(12-28-22)16-5-6-16)17-7-8-21-30-20(11-34(21)32-17)31-24(35)14-9-18(26)29-19(27)10-14/h1-4,7-12,16H,5-6H2,(H,31,35). The van der Waals surface area contributed by atoms with E-state index in [0.717, 1.165) is 36.2 Å². The molecule has 1 amide bonds. The highest BCUT2D eigenvalue weighted by Crippen LogP contribution is 2.41. The number of carbonyl (C=O) groups is 1. The first-order chi connectivity index (χ1) is 16.9. The number of nitrogens with zero attached hydrogens (tertiary/aromatic N) is 6. The minimum atomic E-state index is -1.10. The summed E-state index contributed by atoms with van der Waals surface area (Å²) >= 11 is 0. The van der Waals surface area contributed by atoms with Crippen LogP contribution in [0, 0.1) is 17.7 Å². The molecule has 0 aliphatic heterocycles. The Hall–Kier alpha value is -4.54. The SMILES string of the molecule is O=C(Nc1cn2nc(-c3c(-c4ccc(F)cc4)ncn3C3CC3)ccc2n1)c1cc(F)nc(F)c1. The zero-order chi connectivity index (χ0) is 24.1. The lowest BCUT2D eigenvalue weighted by Gasteiger charge is -2.09. The van der Waals surface area contributed by atoms with Crippen LogP contribution in [0.2, 0.25) is 0 Å². The van der Waals surface area contributed by atoms with Crippen LogP contribution in [0.15, 0.2) is 61.1 Å². The number of benzene rings is 1. The fraction of sp³-hybridized carbons (Fsp3) is 0.125. The van der Waals surface area contributed by atoms with Gasteiger partial charge >= 0.3 is 0 Å². The number of hydrogen-bond donors (Lipinski definition) is 1. The topological polar surface area (TPSA) is 90.0 Å². The molecule has 1 aliphatic rings. The molecule has 4 aromatic heterocycles. The second kappa shape index (κ2) is 8.05. The zero-order valence-electron chi connectivity index (χ0n) is 18.0. The Kier molecular flexibility index (Phi) is 4.83. The second-order valence-corrected chi connectivity index (χ2v) is 8.19. The number of halogens is 3. The van der Waals surface area contributed by atoms with Gasteiger partial charge in [-0.15, -0.1) is 0 Å². The van der Waals surface area contributed by atoms with Gasteiger partial charge in [0.2, 0.25) is 11.9 Å². The molecule has 1 saturated carbocycles. The molecule has 6 rings (SSSR count). The van der Waals surface area contributed by atoms with Gasteiger partial charge in [-0.2, -0.15) is 18.9 Å². The first-order valence-electron chi connectivity index (χ1n) is 10.8. The van der Waals surface area contributed by atoms with Crippen molar-refractivity contribution in [3.63, 3.8) is 0 Å². The number of rotatable bonds is 5.